The third kappa shape index (κ3) is 4.87. The van der Waals surface area contributed by atoms with Crippen LogP contribution in [-0.4, -0.2) is 21.4 Å². The third-order valence-electron chi connectivity index (χ3n) is 6.21. The molecule has 0 saturated heterocycles. The Bertz CT molecular complexity index is 1550. The summed E-state index contributed by atoms with van der Waals surface area (Å²) in [4.78, 5) is 13.0. The van der Waals surface area contributed by atoms with E-state index in [4.69, 9.17) is 27.6 Å². The van der Waals surface area contributed by atoms with Gasteiger partial charge >= 0.3 is 0 Å². The van der Waals surface area contributed by atoms with E-state index in [1.807, 2.05) is 12.1 Å². The summed E-state index contributed by atoms with van der Waals surface area (Å²) in [7, 11) is -1.41. The second-order valence-corrected chi connectivity index (χ2v) is 11.3. The van der Waals surface area contributed by atoms with Crippen LogP contribution in [0.2, 0.25) is 10.0 Å². The molecule has 4 aromatic rings. The summed E-state index contributed by atoms with van der Waals surface area (Å²) < 4.78 is 33.2. The van der Waals surface area contributed by atoms with E-state index in [2.05, 4.69) is 21.2 Å². The van der Waals surface area contributed by atoms with Crippen molar-refractivity contribution in [2.24, 2.45) is 0 Å². The molecule has 0 atom stereocenters. The minimum atomic E-state index is -2.97. The number of carbonyl (C=O) groups excluding carboxylic acids is 1. The second kappa shape index (κ2) is 10.1. The van der Waals surface area contributed by atoms with Gasteiger partial charge in [-0.3, -0.25) is 9.10 Å². The van der Waals surface area contributed by atoms with Crippen LogP contribution in [0.4, 0.5) is 5.69 Å². The van der Waals surface area contributed by atoms with Crippen LogP contribution in [0.3, 0.4) is 0 Å². The molecule has 1 amide bonds. The average molecular weight is 608 g/mol. The molecule has 1 saturated carbocycles. The third-order valence-corrected chi connectivity index (χ3v) is 8.44. The zero-order chi connectivity index (χ0) is 25.6. The smallest absolute Gasteiger partial charge is 0.255 e. The summed E-state index contributed by atoms with van der Waals surface area (Å²) in [6.45, 7) is 0.115. The number of amides is 1. The highest BCUT2D eigenvalue weighted by Crippen LogP contribution is 2.48. The maximum absolute atomic E-state index is 13.0. The highest BCUT2D eigenvalue weighted by molar-refractivity contribution is 9.10. The van der Waals surface area contributed by atoms with Crippen LogP contribution in [0, 0.1) is 0 Å². The van der Waals surface area contributed by atoms with Gasteiger partial charge in [-0.25, -0.2) is 8.42 Å². The molecule has 1 aliphatic carbocycles. The number of nitrogens with zero attached hydrogens (tertiary/aromatic N) is 1. The quantitative estimate of drug-likeness (QED) is 0.223. The summed E-state index contributed by atoms with van der Waals surface area (Å²) in [6.07, 6.45) is 1.90. The zero-order valence-electron chi connectivity index (χ0n) is 19.1. The van der Waals surface area contributed by atoms with Gasteiger partial charge in [0.25, 0.3) is 5.91 Å². The van der Waals surface area contributed by atoms with Crippen molar-refractivity contribution in [2.45, 2.75) is 25.3 Å². The number of hydrogen-bond donors (Lipinski definition) is 2. The average Bonchev–Trinajstić information content (AvgIpc) is 3.64. The lowest BCUT2D eigenvalue weighted by molar-refractivity contribution is 0.0964. The van der Waals surface area contributed by atoms with E-state index in [1.54, 1.807) is 49.5 Å². The first-order valence-corrected chi connectivity index (χ1v) is 13.9. The molecular weight excluding hydrogens is 587 g/mol. The van der Waals surface area contributed by atoms with Crippen LogP contribution < -0.4 is 9.62 Å². The van der Waals surface area contributed by atoms with Crippen molar-refractivity contribution in [1.82, 2.24) is 5.32 Å². The fraction of sp³-hybridized carbons (Fsp3) is 0.192. The van der Waals surface area contributed by atoms with Crippen molar-refractivity contribution < 1.29 is 17.6 Å². The van der Waals surface area contributed by atoms with Gasteiger partial charge in [-0.05, 0) is 88.3 Å². The van der Waals surface area contributed by atoms with Crippen LogP contribution in [0.25, 0.3) is 22.3 Å². The van der Waals surface area contributed by atoms with E-state index in [1.165, 1.54) is 4.31 Å². The van der Waals surface area contributed by atoms with Gasteiger partial charge in [-0.2, -0.15) is 0 Å². The monoisotopic (exact) mass is 606 g/mol. The number of anilines is 1. The number of hydrogen-bond acceptors (Lipinski definition) is 4. The van der Waals surface area contributed by atoms with Crippen LogP contribution in [0.5, 0.6) is 0 Å². The first-order valence-electron chi connectivity index (χ1n) is 11.2. The van der Waals surface area contributed by atoms with Crippen molar-refractivity contribution in [1.29, 1.82) is 0 Å². The molecule has 0 spiro atoms. The summed E-state index contributed by atoms with van der Waals surface area (Å²) in [5, 5.41) is 4.40. The van der Waals surface area contributed by atoms with E-state index in [0.717, 1.165) is 28.4 Å². The first-order chi connectivity index (χ1) is 17.3. The molecule has 1 fully saturated rings. The number of rotatable bonds is 7. The van der Waals surface area contributed by atoms with Crippen LogP contribution in [-0.2, 0) is 17.4 Å². The lowest BCUT2D eigenvalue weighted by atomic mass is 10.0. The topological polar surface area (TPSA) is 79.6 Å². The Morgan fingerprint density at radius 3 is 2.44 bits per heavy atom. The summed E-state index contributed by atoms with van der Waals surface area (Å²) in [5.74, 6) is 0.323. The highest BCUT2D eigenvalue weighted by Gasteiger charge is 2.31. The van der Waals surface area contributed by atoms with Crippen LogP contribution >= 0.6 is 39.1 Å². The van der Waals surface area contributed by atoms with E-state index in [0.29, 0.717) is 43.6 Å². The van der Waals surface area contributed by atoms with E-state index < -0.39 is 10.9 Å². The van der Waals surface area contributed by atoms with Crippen LogP contribution in [0.1, 0.15) is 40.2 Å². The summed E-state index contributed by atoms with van der Waals surface area (Å²) >= 11 is 15.7. The van der Waals surface area contributed by atoms with E-state index in [9.17, 15) is 13.2 Å². The van der Waals surface area contributed by atoms with Crippen molar-refractivity contribution in [3.05, 3.63) is 85.8 Å². The molecular formula is C26H21BrCl2N2O4S. The molecule has 1 heterocycles. The van der Waals surface area contributed by atoms with Gasteiger partial charge in [0.05, 0.1) is 22.8 Å². The Morgan fingerprint density at radius 1 is 1.11 bits per heavy atom. The van der Waals surface area contributed by atoms with Gasteiger partial charge in [-0.15, -0.1) is 0 Å². The van der Waals surface area contributed by atoms with Gasteiger partial charge in [0.15, 0.2) is 0 Å². The molecule has 6 nitrogen and oxygen atoms in total. The number of halogens is 3. The molecule has 0 aliphatic heterocycles. The van der Waals surface area contributed by atoms with Crippen molar-refractivity contribution >= 4 is 72.6 Å². The number of furan rings is 1. The van der Waals surface area contributed by atoms with Crippen LogP contribution in [0.15, 0.2) is 63.5 Å². The molecule has 1 aromatic heterocycles. The van der Waals surface area contributed by atoms with Gasteiger partial charge in [0, 0.05) is 33.6 Å². The molecule has 1 N–H and O–H groups in total. The Labute approximate surface area is 228 Å². The SMILES string of the molecule is CNC(=O)c1c(-c2ccc(Cl)cc2)oc2cc(N(Cc3ccc(Br)c(Cl)c3)[SH](=O)=O)c(C3CC3)cc12. The number of carbonyl (C=O) groups is 1. The lowest BCUT2D eigenvalue weighted by Crippen LogP contribution is -2.22. The second-order valence-electron chi connectivity index (χ2n) is 8.62. The molecule has 1 aliphatic rings. The number of thiol groups is 1. The maximum atomic E-state index is 13.0. The van der Waals surface area contributed by atoms with Crippen molar-refractivity contribution in [3.63, 3.8) is 0 Å². The van der Waals surface area contributed by atoms with Gasteiger partial charge in [0.1, 0.15) is 11.3 Å². The van der Waals surface area contributed by atoms with Gasteiger partial charge < -0.3 is 9.73 Å². The number of nitrogens with one attached hydrogen (secondary N) is 1. The number of fused-ring (bicyclic) bond motifs is 1. The molecule has 0 bridgehead atoms. The zero-order valence-corrected chi connectivity index (χ0v) is 23.0. The number of benzene rings is 3. The Hall–Kier alpha value is -2.52. The molecule has 0 radical (unpaired) electrons. The minimum absolute atomic E-state index is 0.115. The molecule has 0 unspecified atom stereocenters. The Balaban J connectivity index is 1.69. The predicted molar refractivity (Wildman–Crippen MR) is 148 cm³/mol. The fourth-order valence-electron chi connectivity index (χ4n) is 4.29. The molecule has 36 heavy (non-hydrogen) atoms. The van der Waals surface area contributed by atoms with Gasteiger partial charge in [0.2, 0.25) is 10.9 Å². The van der Waals surface area contributed by atoms with Crippen molar-refractivity contribution in [3.8, 4) is 11.3 Å². The summed E-state index contributed by atoms with van der Waals surface area (Å²) in [6, 6.07) is 16.0. The normalized spacial score (nSPS) is 13.4. The predicted octanol–water partition coefficient (Wildman–Crippen LogP) is 6.94. The van der Waals surface area contributed by atoms with Crippen molar-refractivity contribution in [2.75, 3.05) is 11.4 Å². The lowest BCUT2D eigenvalue weighted by Gasteiger charge is -2.21. The maximum Gasteiger partial charge on any atom is 0.255 e. The Kier molecular flexibility index (Phi) is 7.05. The fourth-order valence-corrected chi connectivity index (χ4v) is 5.49. The molecule has 5 rings (SSSR count). The highest BCUT2D eigenvalue weighted by atomic mass is 79.9. The minimum Gasteiger partial charge on any atom is -0.455 e. The molecule has 10 heteroatoms. The largest absolute Gasteiger partial charge is 0.455 e. The van der Waals surface area contributed by atoms with E-state index in [-0.39, 0.29) is 18.4 Å². The molecule has 186 valence electrons. The molecule has 3 aromatic carbocycles. The standard InChI is InChI=1S/C26H21BrCl2N2O4S/c1-30-26(32)24-19-11-18(15-3-4-15)22(12-23(19)35-25(24)16-5-7-17(28)8-6-16)31(36(33)34)13-14-2-9-20(27)21(29)10-14/h2,5-12,15,36H,3-4,13H2,1H3,(H,30,32). The first kappa shape index (κ1) is 25.1. The Morgan fingerprint density at radius 2 is 1.83 bits per heavy atom. The van der Waals surface area contributed by atoms with E-state index >= 15 is 0 Å². The summed E-state index contributed by atoms with van der Waals surface area (Å²) in [5.41, 5.74) is 3.68. The van der Waals surface area contributed by atoms with Gasteiger partial charge in [-0.1, -0.05) is 29.3 Å².